The summed E-state index contributed by atoms with van der Waals surface area (Å²) < 4.78 is 7.71. The molecule has 0 aromatic carbocycles. The van der Waals surface area contributed by atoms with E-state index in [1.54, 1.807) is 23.2 Å². The van der Waals surface area contributed by atoms with E-state index in [2.05, 4.69) is 16.7 Å². The first kappa shape index (κ1) is 17.4. The maximum atomic E-state index is 13.0. The fraction of sp³-hybridized carbons (Fsp3) is 0.421. The van der Waals surface area contributed by atoms with Crippen LogP contribution in [0.5, 0.6) is 0 Å². The van der Waals surface area contributed by atoms with Gasteiger partial charge in [0.1, 0.15) is 0 Å². The molecule has 0 bridgehead atoms. The standard InChI is InChI=1S/C19H24N4O2/c1-4-7-25-18-5-6-23(17(18)9-15-11-21-22(3)13-15)19(24)16-8-14(2)10-20-12-16/h4,8,10-13,17-18H,1,5-7,9H2,2-3H3/t17-,18-/m0/s1. The van der Waals surface area contributed by atoms with Crippen molar-refractivity contribution in [1.29, 1.82) is 0 Å². The molecule has 0 aliphatic carbocycles. The highest BCUT2D eigenvalue weighted by Gasteiger charge is 2.38. The average molecular weight is 340 g/mol. The van der Waals surface area contributed by atoms with Gasteiger partial charge in [-0.3, -0.25) is 14.5 Å². The molecule has 1 fully saturated rings. The fourth-order valence-electron chi connectivity index (χ4n) is 3.36. The number of rotatable bonds is 6. The average Bonchev–Trinajstić information content (AvgIpc) is 3.19. The molecule has 2 aromatic heterocycles. The minimum atomic E-state index is -0.0165. The number of aryl methyl sites for hydroxylation is 2. The lowest BCUT2D eigenvalue weighted by atomic mass is 10.0. The number of hydrogen-bond donors (Lipinski definition) is 0. The van der Waals surface area contributed by atoms with E-state index in [1.165, 1.54) is 0 Å². The highest BCUT2D eigenvalue weighted by Crippen LogP contribution is 2.26. The van der Waals surface area contributed by atoms with Crippen molar-refractivity contribution in [1.82, 2.24) is 19.7 Å². The Bertz CT molecular complexity index is 755. The first-order chi connectivity index (χ1) is 12.1. The van der Waals surface area contributed by atoms with Crippen molar-refractivity contribution in [3.63, 3.8) is 0 Å². The zero-order valence-electron chi connectivity index (χ0n) is 14.8. The van der Waals surface area contributed by atoms with Crippen LogP contribution in [0, 0.1) is 6.92 Å². The lowest BCUT2D eigenvalue weighted by Gasteiger charge is -2.28. The number of ether oxygens (including phenoxy) is 1. The van der Waals surface area contributed by atoms with Gasteiger partial charge in [-0.05, 0) is 37.0 Å². The topological polar surface area (TPSA) is 60.2 Å². The lowest BCUT2D eigenvalue weighted by Crippen LogP contribution is -2.42. The molecule has 2 aromatic rings. The number of amides is 1. The van der Waals surface area contributed by atoms with Crippen LogP contribution in [-0.2, 0) is 18.2 Å². The number of pyridine rings is 1. The number of hydrogen-bond acceptors (Lipinski definition) is 4. The van der Waals surface area contributed by atoms with Crippen molar-refractivity contribution in [2.45, 2.75) is 31.9 Å². The SMILES string of the molecule is C=CCO[C@H]1CCN(C(=O)c2cncc(C)c2)[C@H]1Cc1cnn(C)c1. The van der Waals surface area contributed by atoms with Gasteiger partial charge in [-0.2, -0.15) is 5.10 Å². The Hall–Kier alpha value is -2.47. The van der Waals surface area contributed by atoms with Gasteiger partial charge < -0.3 is 9.64 Å². The number of carbonyl (C=O) groups is 1. The Kier molecular flexibility index (Phi) is 5.28. The molecule has 6 heteroatoms. The fourth-order valence-corrected chi connectivity index (χ4v) is 3.36. The van der Waals surface area contributed by atoms with E-state index in [-0.39, 0.29) is 18.1 Å². The molecule has 0 saturated carbocycles. The molecule has 0 N–H and O–H groups in total. The van der Waals surface area contributed by atoms with Crippen LogP contribution in [0.15, 0.2) is 43.5 Å². The van der Waals surface area contributed by atoms with Gasteiger partial charge in [0.05, 0.1) is 30.5 Å². The first-order valence-electron chi connectivity index (χ1n) is 8.51. The zero-order chi connectivity index (χ0) is 17.8. The molecule has 1 amide bonds. The van der Waals surface area contributed by atoms with E-state index in [0.29, 0.717) is 18.7 Å². The highest BCUT2D eigenvalue weighted by molar-refractivity contribution is 5.94. The number of nitrogens with zero attached hydrogens (tertiary/aromatic N) is 4. The molecule has 0 radical (unpaired) electrons. The molecule has 1 aliphatic heterocycles. The van der Waals surface area contributed by atoms with Crippen molar-refractivity contribution in [3.05, 3.63) is 60.2 Å². The second-order valence-electron chi connectivity index (χ2n) is 6.49. The van der Waals surface area contributed by atoms with E-state index in [9.17, 15) is 4.79 Å². The van der Waals surface area contributed by atoms with Gasteiger partial charge in [-0.1, -0.05) is 6.08 Å². The Morgan fingerprint density at radius 1 is 1.44 bits per heavy atom. The molecule has 25 heavy (non-hydrogen) atoms. The smallest absolute Gasteiger partial charge is 0.255 e. The van der Waals surface area contributed by atoms with Crippen molar-refractivity contribution in [2.24, 2.45) is 7.05 Å². The highest BCUT2D eigenvalue weighted by atomic mass is 16.5. The van der Waals surface area contributed by atoms with Crippen LogP contribution in [0.2, 0.25) is 0 Å². The van der Waals surface area contributed by atoms with Gasteiger partial charge in [0.2, 0.25) is 0 Å². The Morgan fingerprint density at radius 3 is 2.96 bits per heavy atom. The monoisotopic (exact) mass is 340 g/mol. The molecule has 6 nitrogen and oxygen atoms in total. The van der Waals surface area contributed by atoms with E-state index in [0.717, 1.165) is 24.0 Å². The van der Waals surface area contributed by atoms with Crippen LogP contribution in [0.25, 0.3) is 0 Å². The van der Waals surface area contributed by atoms with Gasteiger partial charge in [0.15, 0.2) is 0 Å². The summed E-state index contributed by atoms with van der Waals surface area (Å²) in [5.74, 6) is 0.00907. The van der Waals surface area contributed by atoms with Crippen molar-refractivity contribution in [2.75, 3.05) is 13.2 Å². The largest absolute Gasteiger partial charge is 0.372 e. The van der Waals surface area contributed by atoms with E-state index < -0.39 is 0 Å². The molecule has 0 spiro atoms. The third-order valence-corrected chi connectivity index (χ3v) is 4.50. The lowest BCUT2D eigenvalue weighted by molar-refractivity contribution is 0.0379. The molecule has 1 saturated heterocycles. The van der Waals surface area contributed by atoms with Gasteiger partial charge in [0, 0.05) is 32.2 Å². The zero-order valence-corrected chi connectivity index (χ0v) is 14.8. The summed E-state index contributed by atoms with van der Waals surface area (Å²) in [5.41, 5.74) is 2.70. The van der Waals surface area contributed by atoms with E-state index >= 15 is 0 Å². The third kappa shape index (κ3) is 3.96. The van der Waals surface area contributed by atoms with Gasteiger partial charge in [0.25, 0.3) is 5.91 Å². The summed E-state index contributed by atoms with van der Waals surface area (Å²) in [7, 11) is 1.89. The van der Waals surface area contributed by atoms with Crippen LogP contribution in [-0.4, -0.2) is 50.9 Å². The van der Waals surface area contributed by atoms with Crippen LogP contribution >= 0.6 is 0 Å². The van der Waals surface area contributed by atoms with Gasteiger partial charge in [-0.15, -0.1) is 6.58 Å². The van der Waals surface area contributed by atoms with Crippen molar-refractivity contribution >= 4 is 5.91 Å². The van der Waals surface area contributed by atoms with Crippen LogP contribution < -0.4 is 0 Å². The van der Waals surface area contributed by atoms with Crippen molar-refractivity contribution < 1.29 is 9.53 Å². The summed E-state index contributed by atoms with van der Waals surface area (Å²) in [6.07, 6.45) is 10.5. The quantitative estimate of drug-likeness (QED) is 0.756. The third-order valence-electron chi connectivity index (χ3n) is 4.50. The summed E-state index contributed by atoms with van der Waals surface area (Å²) in [6, 6.07) is 1.87. The molecule has 1 aliphatic rings. The Balaban J connectivity index is 1.82. The molecule has 132 valence electrons. The molecular formula is C19H24N4O2. The summed E-state index contributed by atoms with van der Waals surface area (Å²) in [6.45, 7) is 6.83. The van der Waals surface area contributed by atoms with Crippen LogP contribution in [0.1, 0.15) is 27.9 Å². The minimum Gasteiger partial charge on any atom is -0.372 e. The Morgan fingerprint density at radius 2 is 2.28 bits per heavy atom. The predicted molar refractivity (Wildman–Crippen MR) is 95.3 cm³/mol. The van der Waals surface area contributed by atoms with Gasteiger partial charge >= 0.3 is 0 Å². The van der Waals surface area contributed by atoms with Gasteiger partial charge in [-0.25, -0.2) is 0 Å². The Labute approximate surface area is 148 Å². The molecular weight excluding hydrogens is 316 g/mol. The molecule has 3 rings (SSSR count). The maximum Gasteiger partial charge on any atom is 0.255 e. The summed E-state index contributed by atoms with van der Waals surface area (Å²) >= 11 is 0. The predicted octanol–water partition coefficient (Wildman–Crippen LogP) is 2.15. The molecule has 2 atom stereocenters. The second kappa shape index (κ2) is 7.61. The number of aromatic nitrogens is 3. The van der Waals surface area contributed by atoms with E-state index in [4.69, 9.17) is 4.74 Å². The normalized spacial score (nSPS) is 20.0. The maximum absolute atomic E-state index is 13.0. The van der Waals surface area contributed by atoms with Crippen LogP contribution in [0.4, 0.5) is 0 Å². The minimum absolute atomic E-state index is 0.0000699. The van der Waals surface area contributed by atoms with E-state index in [1.807, 2.05) is 37.3 Å². The molecule has 0 unspecified atom stereocenters. The molecule has 3 heterocycles. The second-order valence-corrected chi connectivity index (χ2v) is 6.49. The number of likely N-dealkylation sites (tertiary alicyclic amines) is 1. The summed E-state index contributed by atoms with van der Waals surface area (Å²) in [5, 5.41) is 4.23. The number of carbonyl (C=O) groups excluding carboxylic acids is 1. The summed E-state index contributed by atoms with van der Waals surface area (Å²) in [4.78, 5) is 19.1. The van der Waals surface area contributed by atoms with Crippen LogP contribution in [0.3, 0.4) is 0 Å². The first-order valence-corrected chi connectivity index (χ1v) is 8.51. The van der Waals surface area contributed by atoms with Crippen molar-refractivity contribution in [3.8, 4) is 0 Å².